The number of likely N-dealkylation sites (tertiary alicyclic amines) is 1. The van der Waals surface area contributed by atoms with Crippen LogP contribution in [0.3, 0.4) is 0 Å². The van der Waals surface area contributed by atoms with E-state index in [1.165, 1.54) is 0 Å². The van der Waals surface area contributed by atoms with E-state index < -0.39 is 0 Å². The summed E-state index contributed by atoms with van der Waals surface area (Å²) in [5.74, 6) is 1.17. The number of piperidine rings is 1. The van der Waals surface area contributed by atoms with Gasteiger partial charge in [-0.25, -0.2) is 0 Å². The second-order valence-corrected chi connectivity index (χ2v) is 5.85. The van der Waals surface area contributed by atoms with Gasteiger partial charge in [-0.2, -0.15) is 0 Å². The molecule has 104 valence electrons. The van der Waals surface area contributed by atoms with Crippen LogP contribution < -0.4 is 5.73 Å². The van der Waals surface area contributed by atoms with Gasteiger partial charge in [0.2, 0.25) is 5.91 Å². The Balaban J connectivity index is 1.80. The van der Waals surface area contributed by atoms with Crippen molar-refractivity contribution in [3.05, 3.63) is 0 Å². The number of ether oxygens (including phenoxy) is 1. The average Bonchev–Trinajstić information content (AvgIpc) is 2.39. The van der Waals surface area contributed by atoms with Gasteiger partial charge in [0, 0.05) is 38.8 Å². The largest absolute Gasteiger partial charge is 0.384 e. The summed E-state index contributed by atoms with van der Waals surface area (Å²) < 4.78 is 5.19. The van der Waals surface area contributed by atoms with Gasteiger partial charge in [-0.05, 0) is 38.0 Å². The first-order valence-corrected chi connectivity index (χ1v) is 7.24. The second kappa shape index (κ2) is 6.53. The summed E-state index contributed by atoms with van der Waals surface area (Å²) in [7, 11) is 1.75. The van der Waals surface area contributed by atoms with Crippen LogP contribution >= 0.6 is 0 Å². The molecule has 1 aliphatic carbocycles. The zero-order chi connectivity index (χ0) is 13.0. The van der Waals surface area contributed by atoms with E-state index >= 15 is 0 Å². The molecule has 0 spiro atoms. The maximum atomic E-state index is 12.4. The van der Waals surface area contributed by atoms with Crippen LogP contribution in [-0.4, -0.2) is 43.7 Å². The van der Waals surface area contributed by atoms with Gasteiger partial charge < -0.3 is 15.4 Å². The molecule has 4 heteroatoms. The quantitative estimate of drug-likeness (QED) is 0.828. The zero-order valence-corrected chi connectivity index (χ0v) is 11.4. The summed E-state index contributed by atoms with van der Waals surface area (Å²) in [6, 6.07) is 0.235. The molecule has 0 aromatic carbocycles. The first-order chi connectivity index (χ1) is 8.70. The molecule has 2 fully saturated rings. The van der Waals surface area contributed by atoms with Crippen LogP contribution in [0.5, 0.6) is 0 Å². The van der Waals surface area contributed by atoms with Gasteiger partial charge in [0.1, 0.15) is 0 Å². The van der Waals surface area contributed by atoms with Crippen molar-refractivity contribution in [1.29, 1.82) is 0 Å². The van der Waals surface area contributed by atoms with Gasteiger partial charge in [0.25, 0.3) is 0 Å². The molecule has 2 unspecified atom stereocenters. The Morgan fingerprint density at radius 1 is 1.28 bits per heavy atom. The maximum absolute atomic E-state index is 12.4. The number of carbonyl (C=O) groups excluding carboxylic acids is 1. The first kappa shape index (κ1) is 13.8. The fourth-order valence-electron chi connectivity index (χ4n) is 3.27. The van der Waals surface area contributed by atoms with Crippen LogP contribution in [0.15, 0.2) is 0 Å². The normalized spacial score (nSPS) is 30.4. The highest BCUT2D eigenvalue weighted by Crippen LogP contribution is 2.27. The first-order valence-electron chi connectivity index (χ1n) is 7.24. The molecule has 4 nitrogen and oxygen atoms in total. The molecule has 1 aliphatic heterocycles. The molecule has 0 aromatic rings. The SMILES string of the molecule is COCC1CCN(C(=O)C2CCCC(N)C2)CC1. The van der Waals surface area contributed by atoms with E-state index in [2.05, 4.69) is 4.90 Å². The van der Waals surface area contributed by atoms with Gasteiger partial charge in [-0.1, -0.05) is 6.42 Å². The molecule has 2 aliphatic rings. The van der Waals surface area contributed by atoms with Crippen molar-refractivity contribution in [2.75, 3.05) is 26.8 Å². The highest BCUT2D eigenvalue weighted by Gasteiger charge is 2.31. The molecule has 0 bridgehead atoms. The summed E-state index contributed by atoms with van der Waals surface area (Å²) in [6.07, 6.45) is 6.27. The summed E-state index contributed by atoms with van der Waals surface area (Å²) in [6.45, 7) is 2.63. The molecule has 18 heavy (non-hydrogen) atoms. The third-order valence-corrected chi connectivity index (χ3v) is 4.39. The number of nitrogens with two attached hydrogens (primary N) is 1. The Bertz CT molecular complexity index is 275. The molecule has 1 amide bonds. The van der Waals surface area contributed by atoms with Gasteiger partial charge >= 0.3 is 0 Å². The van der Waals surface area contributed by atoms with Crippen LogP contribution in [0.1, 0.15) is 38.5 Å². The number of carbonyl (C=O) groups is 1. The van der Waals surface area contributed by atoms with E-state index in [-0.39, 0.29) is 12.0 Å². The van der Waals surface area contributed by atoms with Crippen LogP contribution in [0.25, 0.3) is 0 Å². The molecule has 1 heterocycles. The average molecular weight is 254 g/mol. The molecule has 2 atom stereocenters. The number of hydrogen-bond donors (Lipinski definition) is 1. The summed E-state index contributed by atoms with van der Waals surface area (Å²) in [5, 5.41) is 0. The van der Waals surface area contributed by atoms with E-state index in [0.717, 1.165) is 58.2 Å². The third kappa shape index (κ3) is 3.45. The van der Waals surface area contributed by atoms with Crippen molar-refractivity contribution in [3.63, 3.8) is 0 Å². The molecule has 2 N–H and O–H groups in total. The Kier molecular flexibility index (Phi) is 5.01. The number of hydrogen-bond acceptors (Lipinski definition) is 3. The minimum Gasteiger partial charge on any atom is -0.384 e. The van der Waals surface area contributed by atoms with Crippen molar-refractivity contribution in [3.8, 4) is 0 Å². The van der Waals surface area contributed by atoms with Gasteiger partial charge in [-0.3, -0.25) is 4.79 Å². The third-order valence-electron chi connectivity index (χ3n) is 4.39. The monoisotopic (exact) mass is 254 g/mol. The second-order valence-electron chi connectivity index (χ2n) is 5.85. The molecular weight excluding hydrogens is 228 g/mol. The van der Waals surface area contributed by atoms with Crippen molar-refractivity contribution < 1.29 is 9.53 Å². The standard InChI is InChI=1S/C14H26N2O2/c1-18-10-11-5-7-16(8-6-11)14(17)12-3-2-4-13(15)9-12/h11-13H,2-10,15H2,1H3. The van der Waals surface area contributed by atoms with Crippen LogP contribution in [0.4, 0.5) is 0 Å². The number of amides is 1. The highest BCUT2D eigenvalue weighted by molar-refractivity contribution is 5.79. The summed E-state index contributed by atoms with van der Waals surface area (Å²) in [5.41, 5.74) is 5.97. The Labute approximate surface area is 110 Å². The van der Waals surface area contributed by atoms with E-state index in [1.807, 2.05) is 0 Å². The van der Waals surface area contributed by atoms with E-state index in [4.69, 9.17) is 10.5 Å². The fourth-order valence-corrected chi connectivity index (χ4v) is 3.27. The topological polar surface area (TPSA) is 55.6 Å². The lowest BCUT2D eigenvalue weighted by Crippen LogP contribution is -2.44. The highest BCUT2D eigenvalue weighted by atomic mass is 16.5. The minimum absolute atomic E-state index is 0.188. The van der Waals surface area contributed by atoms with Crippen LogP contribution in [-0.2, 0) is 9.53 Å². The molecule has 1 saturated carbocycles. The Hall–Kier alpha value is -0.610. The van der Waals surface area contributed by atoms with Crippen LogP contribution in [0.2, 0.25) is 0 Å². The molecular formula is C14H26N2O2. The summed E-state index contributed by atoms with van der Waals surface area (Å²) >= 11 is 0. The predicted octanol–water partition coefficient (Wildman–Crippen LogP) is 1.39. The van der Waals surface area contributed by atoms with Crippen molar-refractivity contribution in [1.82, 2.24) is 4.90 Å². The maximum Gasteiger partial charge on any atom is 0.225 e. The molecule has 0 radical (unpaired) electrons. The molecule has 2 rings (SSSR count). The molecule has 1 saturated heterocycles. The lowest BCUT2D eigenvalue weighted by Gasteiger charge is -2.36. The lowest BCUT2D eigenvalue weighted by molar-refractivity contribution is -0.138. The Morgan fingerprint density at radius 2 is 2.00 bits per heavy atom. The van der Waals surface area contributed by atoms with Crippen molar-refractivity contribution in [2.24, 2.45) is 17.6 Å². The number of methoxy groups -OCH3 is 1. The van der Waals surface area contributed by atoms with Gasteiger partial charge in [0.15, 0.2) is 0 Å². The zero-order valence-electron chi connectivity index (χ0n) is 11.4. The van der Waals surface area contributed by atoms with Crippen LogP contribution in [0, 0.1) is 11.8 Å². The van der Waals surface area contributed by atoms with Gasteiger partial charge in [-0.15, -0.1) is 0 Å². The predicted molar refractivity (Wildman–Crippen MR) is 71.1 cm³/mol. The van der Waals surface area contributed by atoms with E-state index in [0.29, 0.717) is 11.8 Å². The summed E-state index contributed by atoms with van der Waals surface area (Å²) in [4.78, 5) is 14.5. The van der Waals surface area contributed by atoms with Crippen molar-refractivity contribution in [2.45, 2.75) is 44.6 Å². The number of rotatable bonds is 3. The Morgan fingerprint density at radius 3 is 2.61 bits per heavy atom. The smallest absolute Gasteiger partial charge is 0.225 e. The minimum atomic E-state index is 0.188. The van der Waals surface area contributed by atoms with Crippen molar-refractivity contribution >= 4 is 5.91 Å². The van der Waals surface area contributed by atoms with E-state index in [1.54, 1.807) is 7.11 Å². The lowest BCUT2D eigenvalue weighted by atomic mass is 9.84. The fraction of sp³-hybridized carbons (Fsp3) is 0.929. The molecule has 0 aromatic heterocycles. The van der Waals surface area contributed by atoms with E-state index in [9.17, 15) is 4.79 Å². The number of nitrogens with zero attached hydrogens (tertiary/aromatic N) is 1. The van der Waals surface area contributed by atoms with Gasteiger partial charge in [0.05, 0.1) is 0 Å².